The molecule has 0 amide bonds. The van der Waals surface area contributed by atoms with E-state index in [9.17, 15) is 13.2 Å². The maximum absolute atomic E-state index is 11.5. The topological polar surface area (TPSA) is 87.8 Å². The molecule has 6 nitrogen and oxygen atoms in total. The number of hydrogen-bond acceptors (Lipinski definition) is 5. The minimum absolute atomic E-state index is 0.0192. The Balaban J connectivity index is 2.19. The second-order valence-electron chi connectivity index (χ2n) is 4.81. The van der Waals surface area contributed by atoms with Crippen LogP contribution in [-0.2, 0) is 14.6 Å². The summed E-state index contributed by atoms with van der Waals surface area (Å²) in [6.45, 7) is 1.63. The van der Waals surface area contributed by atoms with Crippen molar-refractivity contribution in [1.82, 2.24) is 4.90 Å². The van der Waals surface area contributed by atoms with Crippen LogP contribution >= 0.6 is 0 Å². The summed E-state index contributed by atoms with van der Waals surface area (Å²) in [6, 6.07) is 2.98. The fourth-order valence-corrected chi connectivity index (χ4v) is 4.21. The maximum Gasteiger partial charge on any atom is 0.317 e. The number of nitrogens with zero attached hydrogens (tertiary/aromatic N) is 1. The van der Waals surface area contributed by atoms with Gasteiger partial charge < -0.3 is 9.52 Å². The normalized spacial score (nSPS) is 23.6. The maximum atomic E-state index is 11.5. The third kappa shape index (κ3) is 3.36. The second-order valence-corrected chi connectivity index (χ2v) is 7.04. The molecule has 1 aromatic rings. The highest BCUT2D eigenvalue weighted by molar-refractivity contribution is 7.91. The summed E-state index contributed by atoms with van der Waals surface area (Å²) >= 11 is 0. The number of carboxylic acids is 1. The van der Waals surface area contributed by atoms with Gasteiger partial charge in [-0.15, -0.1) is 0 Å². The van der Waals surface area contributed by atoms with Crippen molar-refractivity contribution >= 4 is 15.8 Å². The van der Waals surface area contributed by atoms with Crippen LogP contribution in [0, 0.1) is 0 Å². The number of rotatable bonds is 5. The lowest BCUT2D eigenvalue weighted by atomic mass is 10.1. The highest BCUT2D eigenvalue weighted by Gasteiger charge is 2.36. The lowest BCUT2D eigenvalue weighted by Crippen LogP contribution is -2.41. The number of carbonyl (C=O) groups is 1. The van der Waals surface area contributed by atoms with E-state index in [2.05, 4.69) is 0 Å². The third-order valence-electron chi connectivity index (χ3n) is 3.45. The Kier molecular flexibility index (Phi) is 3.96. The van der Waals surface area contributed by atoms with Crippen LogP contribution < -0.4 is 0 Å². The van der Waals surface area contributed by atoms with Gasteiger partial charge in [0.1, 0.15) is 5.76 Å². The molecule has 19 heavy (non-hydrogen) atoms. The average molecular weight is 287 g/mol. The first kappa shape index (κ1) is 14.1. The van der Waals surface area contributed by atoms with E-state index in [0.717, 1.165) is 0 Å². The molecule has 1 fully saturated rings. The number of carboxylic acid groups (broad SMARTS) is 1. The molecule has 0 spiro atoms. The second kappa shape index (κ2) is 5.34. The average Bonchev–Trinajstić information content (AvgIpc) is 2.94. The standard InChI is InChI=1S/C12H17NO5S/c1-9(11-3-2-5-18-11)13(7-12(14)15)10-4-6-19(16,17)8-10/h2-3,5,9-10H,4,6-8H2,1H3,(H,14,15). The smallest absolute Gasteiger partial charge is 0.317 e. The predicted molar refractivity (Wildman–Crippen MR) is 68.5 cm³/mol. The SMILES string of the molecule is CC(c1ccco1)N(CC(=O)O)C1CCS(=O)(=O)C1. The minimum Gasteiger partial charge on any atom is -0.480 e. The van der Waals surface area contributed by atoms with E-state index < -0.39 is 15.8 Å². The molecule has 1 saturated heterocycles. The fraction of sp³-hybridized carbons (Fsp3) is 0.583. The summed E-state index contributed by atoms with van der Waals surface area (Å²) < 4.78 is 28.4. The highest BCUT2D eigenvalue weighted by Crippen LogP contribution is 2.27. The van der Waals surface area contributed by atoms with Gasteiger partial charge in [-0.3, -0.25) is 9.69 Å². The van der Waals surface area contributed by atoms with Crippen molar-refractivity contribution in [2.45, 2.75) is 25.4 Å². The predicted octanol–water partition coefficient (Wildman–Crippen LogP) is 0.914. The van der Waals surface area contributed by atoms with Crippen LogP contribution in [-0.4, -0.2) is 48.5 Å². The Morgan fingerprint density at radius 1 is 1.63 bits per heavy atom. The van der Waals surface area contributed by atoms with Gasteiger partial charge in [0.15, 0.2) is 9.84 Å². The summed E-state index contributed by atoms with van der Waals surface area (Å²) in [5.74, 6) is -0.183. The molecule has 0 radical (unpaired) electrons. The molecule has 2 rings (SSSR count). The van der Waals surface area contributed by atoms with Crippen molar-refractivity contribution < 1.29 is 22.7 Å². The Morgan fingerprint density at radius 2 is 2.37 bits per heavy atom. The van der Waals surface area contributed by atoms with Crippen molar-refractivity contribution in [2.24, 2.45) is 0 Å². The molecule has 2 unspecified atom stereocenters. The van der Waals surface area contributed by atoms with Crippen LogP contribution in [0.15, 0.2) is 22.8 Å². The lowest BCUT2D eigenvalue weighted by Gasteiger charge is -2.31. The lowest BCUT2D eigenvalue weighted by molar-refractivity contribution is -0.139. The molecule has 0 bridgehead atoms. The molecule has 2 heterocycles. The fourth-order valence-electron chi connectivity index (χ4n) is 2.47. The molecule has 1 N–H and O–H groups in total. The van der Waals surface area contributed by atoms with Crippen molar-refractivity contribution in [2.75, 3.05) is 18.1 Å². The van der Waals surface area contributed by atoms with Crippen LogP contribution in [0.5, 0.6) is 0 Å². The summed E-state index contributed by atoms with van der Waals surface area (Å²) in [4.78, 5) is 12.7. The van der Waals surface area contributed by atoms with Gasteiger partial charge in [0.25, 0.3) is 0 Å². The zero-order chi connectivity index (χ0) is 14.0. The highest BCUT2D eigenvalue weighted by atomic mass is 32.2. The van der Waals surface area contributed by atoms with Gasteiger partial charge >= 0.3 is 5.97 Å². The largest absolute Gasteiger partial charge is 0.480 e. The zero-order valence-electron chi connectivity index (χ0n) is 10.7. The monoisotopic (exact) mass is 287 g/mol. The summed E-state index contributed by atoms with van der Waals surface area (Å²) in [6.07, 6.45) is 2.00. The van der Waals surface area contributed by atoms with Gasteiger partial charge in [0, 0.05) is 6.04 Å². The van der Waals surface area contributed by atoms with E-state index in [-0.39, 0.29) is 30.1 Å². The Bertz CT molecular complexity index is 536. The van der Waals surface area contributed by atoms with E-state index in [4.69, 9.17) is 9.52 Å². The van der Waals surface area contributed by atoms with E-state index in [1.165, 1.54) is 6.26 Å². The Labute approximate surface area is 111 Å². The molecule has 1 aromatic heterocycles. The first-order valence-electron chi connectivity index (χ1n) is 6.10. The Hall–Kier alpha value is -1.34. The van der Waals surface area contributed by atoms with E-state index >= 15 is 0 Å². The summed E-state index contributed by atoms with van der Waals surface area (Å²) in [7, 11) is -3.04. The molecule has 1 aliphatic rings. The molecular weight excluding hydrogens is 270 g/mol. The van der Waals surface area contributed by atoms with E-state index in [1.807, 2.05) is 6.92 Å². The zero-order valence-corrected chi connectivity index (χ0v) is 11.5. The van der Waals surface area contributed by atoms with Gasteiger partial charge in [-0.2, -0.15) is 0 Å². The molecule has 106 valence electrons. The van der Waals surface area contributed by atoms with Gasteiger partial charge in [-0.05, 0) is 25.5 Å². The Morgan fingerprint density at radius 3 is 2.84 bits per heavy atom. The van der Waals surface area contributed by atoms with Gasteiger partial charge in [-0.25, -0.2) is 8.42 Å². The summed E-state index contributed by atoms with van der Waals surface area (Å²) in [5, 5.41) is 9.00. The first-order valence-corrected chi connectivity index (χ1v) is 7.92. The minimum atomic E-state index is -3.04. The first-order chi connectivity index (χ1) is 8.89. The van der Waals surface area contributed by atoms with Gasteiger partial charge in [-0.1, -0.05) is 0 Å². The van der Waals surface area contributed by atoms with Gasteiger partial charge in [0.05, 0.1) is 30.4 Å². The van der Waals surface area contributed by atoms with Crippen LogP contribution in [0.3, 0.4) is 0 Å². The molecule has 0 saturated carbocycles. The van der Waals surface area contributed by atoms with E-state index in [1.54, 1.807) is 17.0 Å². The van der Waals surface area contributed by atoms with E-state index in [0.29, 0.717) is 12.2 Å². The molecular formula is C12H17NO5S. The van der Waals surface area contributed by atoms with Crippen molar-refractivity contribution in [1.29, 1.82) is 0 Å². The molecule has 0 aromatic carbocycles. The summed E-state index contributed by atoms with van der Waals surface area (Å²) in [5.41, 5.74) is 0. The molecule has 1 aliphatic heterocycles. The number of aliphatic carboxylic acids is 1. The van der Waals surface area contributed by atoms with Crippen LogP contribution in [0.2, 0.25) is 0 Å². The number of furan rings is 1. The molecule has 2 atom stereocenters. The van der Waals surface area contributed by atoms with Gasteiger partial charge in [0.2, 0.25) is 0 Å². The van der Waals surface area contributed by atoms with Crippen LogP contribution in [0.4, 0.5) is 0 Å². The van der Waals surface area contributed by atoms with Crippen molar-refractivity contribution in [3.05, 3.63) is 24.2 Å². The van der Waals surface area contributed by atoms with Crippen molar-refractivity contribution in [3.8, 4) is 0 Å². The van der Waals surface area contributed by atoms with Crippen LogP contribution in [0.25, 0.3) is 0 Å². The molecule has 7 heteroatoms. The van der Waals surface area contributed by atoms with Crippen LogP contribution in [0.1, 0.15) is 25.1 Å². The third-order valence-corrected chi connectivity index (χ3v) is 5.20. The number of hydrogen-bond donors (Lipinski definition) is 1. The van der Waals surface area contributed by atoms with Crippen molar-refractivity contribution in [3.63, 3.8) is 0 Å². The molecule has 0 aliphatic carbocycles. The number of sulfone groups is 1. The quantitative estimate of drug-likeness (QED) is 0.866.